The van der Waals surface area contributed by atoms with Gasteiger partial charge in [0.25, 0.3) is 6.01 Å². The van der Waals surface area contributed by atoms with E-state index >= 15 is 0 Å². The first-order valence-corrected chi connectivity index (χ1v) is 5.93. The largest absolute Gasteiger partial charge is 0.423 e. The molecule has 0 spiro atoms. The number of fused-ring (bicyclic) bond motifs is 1. The Labute approximate surface area is 105 Å². The first-order chi connectivity index (χ1) is 8.74. The van der Waals surface area contributed by atoms with Crippen molar-refractivity contribution < 1.29 is 4.42 Å². The summed E-state index contributed by atoms with van der Waals surface area (Å²) in [5.41, 5.74) is 5.15. The van der Waals surface area contributed by atoms with Crippen LogP contribution in [-0.4, -0.2) is 4.98 Å². The van der Waals surface area contributed by atoms with Gasteiger partial charge < -0.3 is 9.73 Å². The summed E-state index contributed by atoms with van der Waals surface area (Å²) in [6.45, 7) is 4.17. The molecule has 0 atom stereocenters. The van der Waals surface area contributed by atoms with Gasteiger partial charge in [0.2, 0.25) is 0 Å². The van der Waals surface area contributed by atoms with E-state index in [2.05, 4.69) is 30.2 Å². The second kappa shape index (κ2) is 4.18. The summed E-state index contributed by atoms with van der Waals surface area (Å²) >= 11 is 0. The van der Waals surface area contributed by atoms with Gasteiger partial charge in [-0.15, -0.1) is 0 Å². The van der Waals surface area contributed by atoms with Crippen LogP contribution in [0.3, 0.4) is 0 Å². The summed E-state index contributed by atoms with van der Waals surface area (Å²) in [6.07, 6.45) is 0. The minimum absolute atomic E-state index is 0.532. The average molecular weight is 238 g/mol. The third-order valence-electron chi connectivity index (χ3n) is 3.14. The summed E-state index contributed by atoms with van der Waals surface area (Å²) in [6, 6.07) is 14.4. The molecule has 18 heavy (non-hydrogen) atoms. The van der Waals surface area contributed by atoms with Crippen LogP contribution >= 0.6 is 0 Å². The molecular formula is C15H14N2O. The van der Waals surface area contributed by atoms with E-state index in [1.165, 1.54) is 11.1 Å². The molecule has 3 rings (SSSR count). The van der Waals surface area contributed by atoms with Gasteiger partial charge >= 0.3 is 0 Å². The quantitative estimate of drug-likeness (QED) is 0.727. The Morgan fingerprint density at radius 2 is 1.83 bits per heavy atom. The maximum absolute atomic E-state index is 5.64. The van der Waals surface area contributed by atoms with E-state index in [1.807, 2.05) is 36.4 Å². The highest BCUT2D eigenvalue weighted by Crippen LogP contribution is 2.25. The lowest BCUT2D eigenvalue weighted by molar-refractivity contribution is 0.623. The zero-order valence-corrected chi connectivity index (χ0v) is 10.4. The topological polar surface area (TPSA) is 38.1 Å². The predicted molar refractivity (Wildman–Crippen MR) is 73.2 cm³/mol. The molecule has 0 amide bonds. The number of nitrogens with zero attached hydrogens (tertiary/aromatic N) is 1. The number of benzene rings is 2. The highest BCUT2D eigenvalue weighted by Gasteiger charge is 2.07. The number of aromatic nitrogens is 1. The molecule has 3 nitrogen and oxygen atoms in total. The molecule has 0 aliphatic rings. The van der Waals surface area contributed by atoms with Crippen molar-refractivity contribution in [1.82, 2.24) is 4.98 Å². The van der Waals surface area contributed by atoms with Gasteiger partial charge in [-0.1, -0.05) is 24.3 Å². The Balaban J connectivity index is 1.99. The molecule has 0 fully saturated rings. The smallest absolute Gasteiger partial charge is 0.300 e. The standard InChI is InChI=1S/C15H14N2O/c1-10-6-5-8-12(11(10)2)16-15-17-13-7-3-4-9-14(13)18-15/h3-9H,1-2H3,(H,16,17). The van der Waals surface area contributed by atoms with Crippen LogP contribution in [0.2, 0.25) is 0 Å². The van der Waals surface area contributed by atoms with Crippen LogP contribution in [0.15, 0.2) is 46.9 Å². The maximum atomic E-state index is 5.64. The van der Waals surface area contributed by atoms with E-state index in [4.69, 9.17) is 4.42 Å². The van der Waals surface area contributed by atoms with Crippen molar-refractivity contribution in [3.63, 3.8) is 0 Å². The van der Waals surface area contributed by atoms with Crippen LogP contribution in [0.4, 0.5) is 11.7 Å². The molecule has 1 N–H and O–H groups in total. The molecule has 90 valence electrons. The van der Waals surface area contributed by atoms with Crippen LogP contribution in [0.5, 0.6) is 0 Å². The van der Waals surface area contributed by atoms with Crippen molar-refractivity contribution in [2.75, 3.05) is 5.32 Å². The Bertz CT molecular complexity index is 668. The molecular weight excluding hydrogens is 224 g/mol. The minimum Gasteiger partial charge on any atom is -0.423 e. The van der Waals surface area contributed by atoms with Gasteiger partial charge in [-0.25, -0.2) is 0 Å². The molecule has 3 heteroatoms. The summed E-state index contributed by atoms with van der Waals surface area (Å²) < 4.78 is 5.64. The Morgan fingerprint density at radius 3 is 2.67 bits per heavy atom. The van der Waals surface area contributed by atoms with Gasteiger partial charge in [0.15, 0.2) is 5.58 Å². The first-order valence-electron chi connectivity index (χ1n) is 5.93. The van der Waals surface area contributed by atoms with Crippen LogP contribution < -0.4 is 5.32 Å². The third kappa shape index (κ3) is 1.84. The molecule has 1 heterocycles. The second-order valence-electron chi connectivity index (χ2n) is 4.36. The van der Waals surface area contributed by atoms with Crippen molar-refractivity contribution in [1.29, 1.82) is 0 Å². The fourth-order valence-electron chi connectivity index (χ4n) is 1.93. The van der Waals surface area contributed by atoms with Crippen LogP contribution in [-0.2, 0) is 0 Å². The third-order valence-corrected chi connectivity index (χ3v) is 3.14. The monoisotopic (exact) mass is 238 g/mol. The van der Waals surface area contributed by atoms with Gasteiger partial charge in [0, 0.05) is 5.69 Å². The number of para-hydroxylation sites is 2. The molecule has 0 radical (unpaired) electrons. The lowest BCUT2D eigenvalue weighted by Gasteiger charge is -2.07. The van der Waals surface area contributed by atoms with E-state index in [0.29, 0.717) is 6.01 Å². The van der Waals surface area contributed by atoms with E-state index in [0.717, 1.165) is 16.8 Å². The lowest BCUT2D eigenvalue weighted by atomic mass is 10.1. The highest BCUT2D eigenvalue weighted by molar-refractivity contribution is 5.75. The molecule has 1 aromatic heterocycles. The van der Waals surface area contributed by atoms with E-state index in [-0.39, 0.29) is 0 Å². The van der Waals surface area contributed by atoms with Gasteiger partial charge in [0.1, 0.15) is 5.52 Å². The SMILES string of the molecule is Cc1cccc(Nc2nc3ccccc3o2)c1C. The second-order valence-corrected chi connectivity index (χ2v) is 4.36. The summed E-state index contributed by atoms with van der Waals surface area (Å²) in [7, 11) is 0. The Morgan fingerprint density at radius 1 is 1.00 bits per heavy atom. The number of rotatable bonds is 2. The van der Waals surface area contributed by atoms with E-state index in [1.54, 1.807) is 0 Å². The van der Waals surface area contributed by atoms with Crippen molar-refractivity contribution in [2.24, 2.45) is 0 Å². The molecule has 0 bridgehead atoms. The first kappa shape index (κ1) is 10.8. The summed E-state index contributed by atoms with van der Waals surface area (Å²) in [5, 5.41) is 3.22. The van der Waals surface area contributed by atoms with Crippen molar-refractivity contribution in [3.05, 3.63) is 53.6 Å². The van der Waals surface area contributed by atoms with Crippen molar-refractivity contribution in [3.8, 4) is 0 Å². The van der Waals surface area contributed by atoms with Gasteiger partial charge in [-0.2, -0.15) is 4.98 Å². The molecule has 0 saturated heterocycles. The number of anilines is 2. The number of nitrogens with one attached hydrogen (secondary N) is 1. The van der Waals surface area contributed by atoms with E-state index in [9.17, 15) is 0 Å². The molecule has 0 saturated carbocycles. The van der Waals surface area contributed by atoms with Gasteiger partial charge in [-0.3, -0.25) is 0 Å². The maximum Gasteiger partial charge on any atom is 0.300 e. The fourth-order valence-corrected chi connectivity index (χ4v) is 1.93. The summed E-state index contributed by atoms with van der Waals surface area (Å²) in [4.78, 5) is 4.40. The lowest BCUT2D eigenvalue weighted by Crippen LogP contribution is -1.94. The Kier molecular flexibility index (Phi) is 2.52. The summed E-state index contributed by atoms with van der Waals surface area (Å²) in [5.74, 6) is 0. The van der Waals surface area contributed by atoms with Crippen molar-refractivity contribution >= 4 is 22.8 Å². The van der Waals surface area contributed by atoms with Crippen LogP contribution in [0.1, 0.15) is 11.1 Å². The minimum atomic E-state index is 0.532. The predicted octanol–water partition coefficient (Wildman–Crippen LogP) is 4.19. The number of aryl methyl sites for hydroxylation is 1. The fraction of sp³-hybridized carbons (Fsp3) is 0.133. The average Bonchev–Trinajstić information content (AvgIpc) is 2.77. The molecule has 0 aliphatic heterocycles. The Hall–Kier alpha value is -2.29. The normalized spacial score (nSPS) is 10.8. The highest BCUT2D eigenvalue weighted by atomic mass is 16.4. The molecule has 0 unspecified atom stereocenters. The van der Waals surface area contributed by atoms with Gasteiger partial charge in [-0.05, 0) is 43.2 Å². The molecule has 3 aromatic rings. The number of oxazole rings is 1. The number of hydrogen-bond acceptors (Lipinski definition) is 3. The van der Waals surface area contributed by atoms with Gasteiger partial charge in [0.05, 0.1) is 0 Å². The zero-order valence-electron chi connectivity index (χ0n) is 10.4. The molecule has 2 aromatic carbocycles. The molecule has 0 aliphatic carbocycles. The van der Waals surface area contributed by atoms with Crippen molar-refractivity contribution in [2.45, 2.75) is 13.8 Å². The zero-order chi connectivity index (χ0) is 12.5. The van der Waals surface area contributed by atoms with E-state index < -0.39 is 0 Å². The van der Waals surface area contributed by atoms with Crippen LogP contribution in [0.25, 0.3) is 11.1 Å². The van der Waals surface area contributed by atoms with Crippen LogP contribution in [0, 0.1) is 13.8 Å². The number of hydrogen-bond donors (Lipinski definition) is 1.